The minimum absolute atomic E-state index is 0.817. The first-order valence-corrected chi connectivity index (χ1v) is 13.9. The van der Waals surface area contributed by atoms with E-state index in [9.17, 15) is 0 Å². The summed E-state index contributed by atoms with van der Waals surface area (Å²) in [6.07, 6.45) is 3.34. The van der Waals surface area contributed by atoms with Gasteiger partial charge in [0.1, 0.15) is 21.7 Å². The zero-order chi connectivity index (χ0) is 26.7. The summed E-state index contributed by atoms with van der Waals surface area (Å²) in [6, 6.07) is 47.0. The molecule has 0 unspecified atom stereocenters. The molecule has 0 atom stereocenters. The van der Waals surface area contributed by atoms with Crippen molar-refractivity contribution < 1.29 is 0 Å². The molecule has 0 fully saturated rings. The van der Waals surface area contributed by atoms with E-state index in [1.165, 1.54) is 22.3 Å². The summed E-state index contributed by atoms with van der Waals surface area (Å²) in [5, 5.41) is 0.927. The Bertz CT molecular complexity index is 1760. The maximum Gasteiger partial charge on any atom is 0.147 e. The number of benzene rings is 5. The molecule has 0 saturated carbocycles. The summed E-state index contributed by atoms with van der Waals surface area (Å²) in [5.74, 6) is 0. The largest absolute Gasteiger partial charge is 0.310 e. The van der Waals surface area contributed by atoms with Crippen LogP contribution in [0.4, 0.5) is 17.1 Å². The fourth-order valence-electron chi connectivity index (χ4n) is 4.91. The Kier molecular flexibility index (Phi) is 6.32. The second-order valence-electron chi connectivity index (χ2n) is 9.44. The Morgan fingerprint density at radius 3 is 1.62 bits per heavy atom. The number of rotatable bonds is 6. The molecule has 7 rings (SSSR count). The predicted molar refractivity (Wildman–Crippen MR) is 166 cm³/mol. The molecule has 0 amide bonds. The molecule has 7 aromatic rings. The molecule has 40 heavy (non-hydrogen) atoms. The lowest BCUT2D eigenvalue weighted by atomic mass is 10.0. The number of fused-ring (bicyclic) bond motifs is 1. The summed E-state index contributed by atoms with van der Waals surface area (Å²) < 4.78 is 0. The molecule has 4 nitrogen and oxygen atoms in total. The molecular weight excluding hydrogens is 508 g/mol. The lowest BCUT2D eigenvalue weighted by Gasteiger charge is -2.26. The van der Waals surface area contributed by atoms with Crippen LogP contribution in [0.2, 0.25) is 0 Å². The normalized spacial score (nSPS) is 11.0. The minimum atomic E-state index is 0.817. The van der Waals surface area contributed by atoms with Gasteiger partial charge in [0.05, 0.1) is 6.20 Å². The van der Waals surface area contributed by atoms with Crippen LogP contribution in [0.5, 0.6) is 0 Å². The van der Waals surface area contributed by atoms with Crippen LogP contribution >= 0.6 is 11.3 Å². The van der Waals surface area contributed by atoms with E-state index < -0.39 is 0 Å². The van der Waals surface area contributed by atoms with Crippen LogP contribution < -0.4 is 4.90 Å². The molecule has 0 radical (unpaired) electrons. The first kappa shape index (κ1) is 23.9. The van der Waals surface area contributed by atoms with Crippen LogP contribution in [0.15, 0.2) is 146 Å². The number of hydrogen-bond donors (Lipinski definition) is 0. The van der Waals surface area contributed by atoms with Crippen molar-refractivity contribution in [2.45, 2.75) is 0 Å². The lowest BCUT2D eigenvalue weighted by molar-refractivity contribution is 1.22. The van der Waals surface area contributed by atoms with Crippen molar-refractivity contribution in [2.75, 3.05) is 4.90 Å². The van der Waals surface area contributed by atoms with Gasteiger partial charge in [-0.05, 0) is 58.7 Å². The Morgan fingerprint density at radius 1 is 0.500 bits per heavy atom. The molecule has 0 spiro atoms. The van der Waals surface area contributed by atoms with Gasteiger partial charge in [-0.2, -0.15) is 0 Å². The second kappa shape index (κ2) is 10.6. The Morgan fingerprint density at radius 2 is 1.05 bits per heavy atom. The maximum atomic E-state index is 4.79. The first-order valence-electron chi connectivity index (χ1n) is 13.1. The van der Waals surface area contributed by atoms with Crippen molar-refractivity contribution in [3.8, 4) is 32.8 Å². The van der Waals surface area contributed by atoms with Gasteiger partial charge >= 0.3 is 0 Å². The summed E-state index contributed by atoms with van der Waals surface area (Å²) in [5.41, 5.74) is 9.87. The highest BCUT2D eigenvalue weighted by Crippen LogP contribution is 2.39. The van der Waals surface area contributed by atoms with Crippen LogP contribution in [0.1, 0.15) is 0 Å². The monoisotopic (exact) mass is 532 g/mol. The molecule has 2 heterocycles. The van der Waals surface area contributed by atoms with Crippen LogP contribution in [0.25, 0.3) is 43.2 Å². The van der Waals surface area contributed by atoms with E-state index in [2.05, 4.69) is 136 Å². The van der Waals surface area contributed by atoms with Crippen molar-refractivity contribution in [2.24, 2.45) is 0 Å². The smallest absolute Gasteiger partial charge is 0.147 e. The quantitative estimate of drug-likeness (QED) is 0.214. The number of anilines is 3. The van der Waals surface area contributed by atoms with Gasteiger partial charge in [-0.3, -0.25) is 0 Å². The fourth-order valence-corrected chi connectivity index (χ4v) is 5.78. The molecule has 0 aliphatic carbocycles. The van der Waals surface area contributed by atoms with E-state index in [1.807, 2.05) is 12.1 Å². The number of nitrogens with zero attached hydrogens (tertiary/aromatic N) is 4. The Balaban J connectivity index is 1.31. The third-order valence-corrected chi connectivity index (χ3v) is 7.92. The molecule has 190 valence electrons. The molecule has 2 aromatic heterocycles. The van der Waals surface area contributed by atoms with E-state index in [-0.39, 0.29) is 0 Å². The number of hydrogen-bond acceptors (Lipinski definition) is 5. The highest BCUT2D eigenvalue weighted by atomic mass is 32.1. The van der Waals surface area contributed by atoms with Crippen molar-refractivity contribution in [1.29, 1.82) is 0 Å². The van der Waals surface area contributed by atoms with E-state index in [1.54, 1.807) is 23.9 Å². The van der Waals surface area contributed by atoms with Crippen molar-refractivity contribution in [3.63, 3.8) is 0 Å². The van der Waals surface area contributed by atoms with Crippen molar-refractivity contribution in [3.05, 3.63) is 146 Å². The number of thiazole rings is 1. The molecule has 0 N–H and O–H groups in total. The van der Waals surface area contributed by atoms with Gasteiger partial charge in [-0.25, -0.2) is 15.0 Å². The van der Waals surface area contributed by atoms with Crippen LogP contribution in [0.3, 0.4) is 0 Å². The van der Waals surface area contributed by atoms with Crippen molar-refractivity contribution in [1.82, 2.24) is 15.0 Å². The highest BCUT2D eigenvalue weighted by molar-refractivity contribution is 7.21. The van der Waals surface area contributed by atoms with Gasteiger partial charge in [0.15, 0.2) is 0 Å². The Labute approximate surface area is 236 Å². The molecule has 5 aromatic carbocycles. The van der Waals surface area contributed by atoms with Gasteiger partial charge in [0, 0.05) is 22.6 Å². The SMILES string of the molecule is c1ccc(-c2ccc(N(c3ccc(-c4ccccc4)cc3)c3cccc(-c4nc5cncnc5s4)c3)cc2)cc1. The second-order valence-corrected chi connectivity index (χ2v) is 10.4. The van der Waals surface area contributed by atoms with Gasteiger partial charge in [-0.1, -0.05) is 108 Å². The fraction of sp³-hybridized carbons (Fsp3) is 0. The predicted octanol–water partition coefficient (Wildman–Crippen LogP) is 9.56. The van der Waals surface area contributed by atoms with Crippen LogP contribution in [0, 0.1) is 0 Å². The number of aromatic nitrogens is 3. The lowest BCUT2D eigenvalue weighted by Crippen LogP contribution is -2.10. The molecule has 5 heteroatoms. The third-order valence-electron chi connectivity index (χ3n) is 6.89. The van der Waals surface area contributed by atoms with Gasteiger partial charge < -0.3 is 4.90 Å². The summed E-state index contributed by atoms with van der Waals surface area (Å²) in [4.78, 5) is 16.5. The van der Waals surface area contributed by atoms with E-state index in [4.69, 9.17) is 4.98 Å². The average Bonchev–Trinajstić information content (AvgIpc) is 3.48. The van der Waals surface area contributed by atoms with Gasteiger partial charge in [0.2, 0.25) is 0 Å². The molecular formula is C35H24N4S. The van der Waals surface area contributed by atoms with Crippen molar-refractivity contribution >= 4 is 38.7 Å². The molecule has 0 aliphatic heterocycles. The summed E-state index contributed by atoms with van der Waals surface area (Å²) in [7, 11) is 0. The van der Waals surface area contributed by atoms with Gasteiger partial charge in [-0.15, -0.1) is 0 Å². The molecule has 0 aliphatic rings. The summed E-state index contributed by atoms with van der Waals surface area (Å²) >= 11 is 1.58. The summed E-state index contributed by atoms with van der Waals surface area (Å²) in [6.45, 7) is 0. The average molecular weight is 533 g/mol. The maximum absolute atomic E-state index is 4.79. The highest BCUT2D eigenvalue weighted by Gasteiger charge is 2.15. The van der Waals surface area contributed by atoms with E-state index in [0.29, 0.717) is 0 Å². The van der Waals surface area contributed by atoms with Gasteiger partial charge in [0.25, 0.3) is 0 Å². The molecule has 0 saturated heterocycles. The zero-order valence-corrected chi connectivity index (χ0v) is 22.4. The standard InChI is InChI=1S/C35H24N4S/c1-3-8-25(9-4-1)27-14-18-30(19-15-27)39(31-20-16-28(17-21-31)26-10-5-2-6-11-26)32-13-7-12-29(22-32)34-38-33-23-36-24-37-35(33)40-34/h1-24H. The Hall–Kier alpha value is -5.13. The van der Waals surface area contributed by atoms with Crippen LogP contribution in [-0.4, -0.2) is 15.0 Å². The van der Waals surface area contributed by atoms with E-state index in [0.717, 1.165) is 38.0 Å². The zero-order valence-electron chi connectivity index (χ0n) is 21.6. The topological polar surface area (TPSA) is 41.9 Å². The first-order chi connectivity index (χ1) is 19.8. The minimum Gasteiger partial charge on any atom is -0.310 e. The van der Waals surface area contributed by atoms with Crippen LogP contribution in [-0.2, 0) is 0 Å². The van der Waals surface area contributed by atoms with E-state index >= 15 is 0 Å². The molecule has 0 bridgehead atoms. The third kappa shape index (κ3) is 4.75.